The highest BCUT2D eigenvalue weighted by Crippen LogP contribution is 2.24. The molecule has 1 aromatic heterocycles. The van der Waals surface area contributed by atoms with Crippen LogP contribution in [0.4, 0.5) is 0 Å². The first kappa shape index (κ1) is 21.6. The zero-order valence-corrected chi connectivity index (χ0v) is 17.8. The van der Waals surface area contributed by atoms with E-state index in [4.69, 9.17) is 11.6 Å². The zero-order valence-electron chi connectivity index (χ0n) is 16.2. The van der Waals surface area contributed by atoms with Crippen LogP contribution >= 0.6 is 23.4 Å². The molecular formula is C21H20ClN5O2S. The summed E-state index contributed by atoms with van der Waals surface area (Å²) in [5.74, 6) is 0.627. The van der Waals surface area contributed by atoms with Crippen LogP contribution in [-0.4, -0.2) is 37.7 Å². The first-order chi connectivity index (χ1) is 14.5. The van der Waals surface area contributed by atoms with Gasteiger partial charge in [0.05, 0.1) is 12.0 Å². The Morgan fingerprint density at radius 2 is 2.07 bits per heavy atom. The number of nitrogens with one attached hydrogen (secondary N) is 1. The van der Waals surface area contributed by atoms with Gasteiger partial charge in [-0.15, -0.1) is 16.8 Å². The van der Waals surface area contributed by atoms with Crippen molar-refractivity contribution < 1.29 is 9.90 Å². The lowest BCUT2D eigenvalue weighted by molar-refractivity contribution is -0.118. The van der Waals surface area contributed by atoms with Crippen molar-refractivity contribution in [1.29, 1.82) is 0 Å². The van der Waals surface area contributed by atoms with Crippen LogP contribution in [0.15, 0.2) is 65.4 Å². The van der Waals surface area contributed by atoms with E-state index in [2.05, 4.69) is 27.3 Å². The van der Waals surface area contributed by atoms with Crippen molar-refractivity contribution in [3.8, 4) is 17.1 Å². The van der Waals surface area contributed by atoms with Gasteiger partial charge in [-0.25, -0.2) is 5.43 Å². The third kappa shape index (κ3) is 5.28. The van der Waals surface area contributed by atoms with Gasteiger partial charge >= 0.3 is 0 Å². The number of para-hydroxylation sites is 1. The highest BCUT2D eigenvalue weighted by atomic mass is 35.5. The van der Waals surface area contributed by atoms with Gasteiger partial charge in [0.15, 0.2) is 11.0 Å². The number of amides is 1. The number of phenols is 1. The number of carbonyl (C=O) groups excluding carboxylic acids is 1. The number of rotatable bonds is 8. The highest BCUT2D eigenvalue weighted by molar-refractivity contribution is 7.99. The summed E-state index contributed by atoms with van der Waals surface area (Å²) in [5, 5.41) is 23.7. The van der Waals surface area contributed by atoms with Crippen LogP contribution in [0.3, 0.4) is 0 Å². The number of thioether (sulfide) groups is 1. The summed E-state index contributed by atoms with van der Waals surface area (Å²) in [7, 11) is 1.83. The summed E-state index contributed by atoms with van der Waals surface area (Å²) < 4.78 is 1.81. The third-order valence-electron chi connectivity index (χ3n) is 4.18. The number of aromatic nitrogens is 3. The number of phenolic OH excluding ortho intramolecular Hbond substituents is 1. The summed E-state index contributed by atoms with van der Waals surface area (Å²) in [6.07, 6.45) is 3.66. The minimum atomic E-state index is -0.297. The van der Waals surface area contributed by atoms with Gasteiger partial charge in [0, 0.05) is 23.2 Å². The van der Waals surface area contributed by atoms with Gasteiger partial charge in [0.25, 0.3) is 5.91 Å². The van der Waals surface area contributed by atoms with Crippen LogP contribution in [0, 0.1) is 0 Å². The average Bonchev–Trinajstić information content (AvgIpc) is 3.10. The van der Waals surface area contributed by atoms with E-state index in [1.807, 2.05) is 35.9 Å². The third-order valence-corrected chi connectivity index (χ3v) is 5.45. The van der Waals surface area contributed by atoms with Crippen LogP contribution in [0.5, 0.6) is 5.75 Å². The fourth-order valence-electron chi connectivity index (χ4n) is 2.66. The Morgan fingerprint density at radius 3 is 2.80 bits per heavy atom. The van der Waals surface area contributed by atoms with E-state index >= 15 is 0 Å². The molecule has 0 spiro atoms. The van der Waals surface area contributed by atoms with Crippen LogP contribution in [0.25, 0.3) is 11.4 Å². The first-order valence-electron chi connectivity index (χ1n) is 9.01. The number of aromatic hydroxyl groups is 1. The number of carbonyl (C=O) groups is 1. The van der Waals surface area contributed by atoms with E-state index in [0.717, 1.165) is 11.1 Å². The summed E-state index contributed by atoms with van der Waals surface area (Å²) in [5.41, 5.74) is 4.60. The molecule has 0 aliphatic heterocycles. The molecule has 154 valence electrons. The lowest BCUT2D eigenvalue weighted by atomic mass is 10.1. The molecule has 0 saturated carbocycles. The largest absolute Gasteiger partial charge is 0.507 e. The number of hydrogen-bond donors (Lipinski definition) is 2. The molecular weight excluding hydrogens is 422 g/mol. The lowest BCUT2D eigenvalue weighted by Crippen LogP contribution is -2.20. The molecule has 0 bridgehead atoms. The van der Waals surface area contributed by atoms with Crippen molar-refractivity contribution in [2.45, 2.75) is 11.6 Å². The van der Waals surface area contributed by atoms with Crippen molar-refractivity contribution in [1.82, 2.24) is 20.2 Å². The highest BCUT2D eigenvalue weighted by Gasteiger charge is 2.13. The molecule has 2 N–H and O–H groups in total. The summed E-state index contributed by atoms with van der Waals surface area (Å²) in [6.45, 7) is 3.67. The van der Waals surface area contributed by atoms with Crippen molar-refractivity contribution in [3.63, 3.8) is 0 Å². The molecule has 1 amide bonds. The monoisotopic (exact) mass is 441 g/mol. The molecule has 1 heterocycles. The van der Waals surface area contributed by atoms with Gasteiger partial charge in [-0.05, 0) is 42.3 Å². The zero-order chi connectivity index (χ0) is 21.5. The van der Waals surface area contributed by atoms with Gasteiger partial charge in [0.1, 0.15) is 5.75 Å². The minimum Gasteiger partial charge on any atom is -0.507 e. The fraction of sp³-hybridized carbons (Fsp3) is 0.143. The molecule has 3 rings (SSSR count). The predicted molar refractivity (Wildman–Crippen MR) is 120 cm³/mol. The summed E-state index contributed by atoms with van der Waals surface area (Å²) >= 11 is 7.17. The van der Waals surface area contributed by atoms with Gasteiger partial charge in [-0.3, -0.25) is 4.79 Å². The molecule has 0 unspecified atom stereocenters. The minimum absolute atomic E-state index is 0.117. The van der Waals surface area contributed by atoms with E-state index in [0.29, 0.717) is 28.0 Å². The van der Waals surface area contributed by atoms with Gasteiger partial charge in [0.2, 0.25) is 0 Å². The number of benzene rings is 2. The predicted octanol–water partition coefficient (Wildman–Crippen LogP) is 3.81. The Morgan fingerprint density at radius 1 is 1.30 bits per heavy atom. The van der Waals surface area contributed by atoms with E-state index in [1.54, 1.807) is 24.3 Å². The van der Waals surface area contributed by atoms with E-state index in [-0.39, 0.29) is 17.4 Å². The maximum Gasteiger partial charge on any atom is 0.250 e. The molecule has 0 saturated heterocycles. The second-order valence-corrected chi connectivity index (χ2v) is 7.68. The Balaban J connectivity index is 1.57. The van der Waals surface area contributed by atoms with E-state index in [1.165, 1.54) is 18.0 Å². The Labute approximate surface area is 183 Å². The van der Waals surface area contributed by atoms with Gasteiger partial charge in [-0.1, -0.05) is 41.6 Å². The molecule has 0 aliphatic carbocycles. The second-order valence-electron chi connectivity index (χ2n) is 6.30. The lowest BCUT2D eigenvalue weighted by Gasteiger charge is -2.05. The molecule has 3 aromatic rings. The standard InChI is InChI=1S/C21H20ClN5O2S/c1-3-5-14-6-4-7-16(19(14)29)12-23-24-18(28)13-30-21-26-25-20(27(21)2)15-8-10-17(22)11-9-15/h3-4,6-12,29H,1,5,13H2,2H3,(H,24,28)/b23-12+. The van der Waals surface area contributed by atoms with Crippen molar-refractivity contribution in [2.24, 2.45) is 12.1 Å². The normalized spacial score (nSPS) is 11.0. The second kappa shape index (κ2) is 10.1. The molecule has 7 nitrogen and oxygen atoms in total. The smallest absolute Gasteiger partial charge is 0.250 e. The number of halogens is 1. The van der Waals surface area contributed by atoms with Gasteiger partial charge in [-0.2, -0.15) is 5.10 Å². The fourth-order valence-corrected chi connectivity index (χ4v) is 3.49. The molecule has 0 radical (unpaired) electrons. The Kier molecular flexibility index (Phi) is 7.26. The molecule has 9 heteroatoms. The Hall–Kier alpha value is -3.10. The SMILES string of the molecule is C=CCc1cccc(/C=N/NC(=O)CSc2nnc(-c3ccc(Cl)cc3)n2C)c1O. The van der Waals surface area contributed by atoms with Gasteiger partial charge < -0.3 is 9.67 Å². The number of hydrazone groups is 1. The molecule has 0 fully saturated rings. The Bertz CT molecular complexity index is 1080. The molecule has 0 aliphatic rings. The summed E-state index contributed by atoms with van der Waals surface area (Å²) in [4.78, 5) is 12.1. The maximum absolute atomic E-state index is 12.1. The molecule has 2 aromatic carbocycles. The van der Waals surface area contributed by atoms with Crippen molar-refractivity contribution in [2.75, 3.05) is 5.75 Å². The topological polar surface area (TPSA) is 92.4 Å². The average molecular weight is 442 g/mol. The van der Waals surface area contributed by atoms with Crippen molar-refractivity contribution >= 4 is 35.5 Å². The molecule has 0 atom stereocenters. The summed E-state index contributed by atoms with van der Waals surface area (Å²) in [6, 6.07) is 12.6. The molecule has 30 heavy (non-hydrogen) atoms. The number of allylic oxidation sites excluding steroid dienone is 1. The van der Waals surface area contributed by atoms with E-state index < -0.39 is 0 Å². The van der Waals surface area contributed by atoms with Crippen LogP contribution in [0.2, 0.25) is 5.02 Å². The quantitative estimate of drug-likeness (QED) is 0.240. The van der Waals surface area contributed by atoms with Crippen LogP contribution < -0.4 is 5.43 Å². The van der Waals surface area contributed by atoms with Crippen LogP contribution in [-0.2, 0) is 18.3 Å². The van der Waals surface area contributed by atoms with E-state index in [9.17, 15) is 9.90 Å². The number of hydrogen-bond acceptors (Lipinski definition) is 6. The van der Waals surface area contributed by atoms with Crippen molar-refractivity contribution in [3.05, 3.63) is 71.3 Å². The number of nitrogens with zero attached hydrogens (tertiary/aromatic N) is 4. The first-order valence-corrected chi connectivity index (χ1v) is 10.4. The van der Waals surface area contributed by atoms with Crippen LogP contribution in [0.1, 0.15) is 11.1 Å². The maximum atomic E-state index is 12.1.